The highest BCUT2D eigenvalue weighted by atomic mass is 19.3. The Morgan fingerprint density at radius 3 is 2.75 bits per heavy atom. The summed E-state index contributed by atoms with van der Waals surface area (Å²) in [5.41, 5.74) is -0.850. The molecule has 5 heteroatoms. The van der Waals surface area contributed by atoms with E-state index >= 15 is 0 Å². The van der Waals surface area contributed by atoms with Crippen molar-refractivity contribution >= 4 is 5.97 Å². The summed E-state index contributed by atoms with van der Waals surface area (Å²) < 4.78 is 23.9. The van der Waals surface area contributed by atoms with Crippen LogP contribution >= 0.6 is 0 Å². The molecule has 1 rings (SSSR count). The summed E-state index contributed by atoms with van der Waals surface area (Å²) in [6, 6.07) is 1.89. The van der Waals surface area contributed by atoms with Crippen LogP contribution < -0.4 is 5.11 Å². The van der Waals surface area contributed by atoms with Crippen molar-refractivity contribution in [2.75, 3.05) is 0 Å². The van der Waals surface area contributed by atoms with Gasteiger partial charge >= 0.3 is 0 Å². The normalized spacial score (nSPS) is 10.2. The van der Waals surface area contributed by atoms with Gasteiger partial charge in [0.15, 0.2) is 0 Å². The first-order chi connectivity index (χ1) is 5.61. The van der Waals surface area contributed by atoms with Gasteiger partial charge in [-0.25, -0.2) is 8.78 Å². The molecule has 0 fully saturated rings. The molecule has 0 radical (unpaired) electrons. The molecule has 0 bridgehead atoms. The topological polar surface area (TPSA) is 53.0 Å². The Balaban J connectivity index is 3.04. The van der Waals surface area contributed by atoms with Gasteiger partial charge in [0.1, 0.15) is 5.69 Å². The van der Waals surface area contributed by atoms with Gasteiger partial charge in [-0.15, -0.1) is 0 Å². The summed E-state index contributed by atoms with van der Waals surface area (Å²) >= 11 is 0. The monoisotopic (exact) mass is 172 g/mol. The molecule has 0 N–H and O–H groups in total. The van der Waals surface area contributed by atoms with Crippen molar-refractivity contribution in [1.82, 2.24) is 4.98 Å². The standard InChI is InChI=1S/C7H5F2NO2/c8-6(9)5-3-4(7(11)12)1-2-10-5/h1-3,6H,(H,11,12)/p-1. The lowest BCUT2D eigenvalue weighted by molar-refractivity contribution is -0.255. The molecule has 64 valence electrons. The zero-order valence-corrected chi connectivity index (χ0v) is 5.83. The van der Waals surface area contributed by atoms with Crippen molar-refractivity contribution in [3.05, 3.63) is 29.6 Å². The Kier molecular flexibility index (Phi) is 2.32. The lowest BCUT2D eigenvalue weighted by Crippen LogP contribution is -2.22. The smallest absolute Gasteiger partial charge is 0.280 e. The van der Waals surface area contributed by atoms with E-state index in [9.17, 15) is 18.7 Å². The van der Waals surface area contributed by atoms with Crippen molar-refractivity contribution in [1.29, 1.82) is 0 Å². The van der Waals surface area contributed by atoms with Gasteiger partial charge in [-0.2, -0.15) is 0 Å². The Hall–Kier alpha value is -1.52. The summed E-state index contributed by atoms with van der Waals surface area (Å²) in [6.45, 7) is 0. The number of hydrogen-bond donors (Lipinski definition) is 0. The van der Waals surface area contributed by atoms with Crippen molar-refractivity contribution in [3.8, 4) is 0 Å². The van der Waals surface area contributed by atoms with Gasteiger partial charge in [0.2, 0.25) is 0 Å². The van der Waals surface area contributed by atoms with E-state index < -0.39 is 18.1 Å². The second-order valence-corrected chi connectivity index (χ2v) is 2.06. The molecule has 12 heavy (non-hydrogen) atoms. The van der Waals surface area contributed by atoms with Crippen LogP contribution in [0.25, 0.3) is 0 Å². The van der Waals surface area contributed by atoms with Gasteiger partial charge in [-0.3, -0.25) is 4.98 Å². The van der Waals surface area contributed by atoms with E-state index in [1.165, 1.54) is 0 Å². The molecule has 0 aliphatic heterocycles. The first-order valence-electron chi connectivity index (χ1n) is 3.06. The molecule has 0 unspecified atom stereocenters. The van der Waals surface area contributed by atoms with E-state index in [1.54, 1.807) is 0 Å². The van der Waals surface area contributed by atoms with Crippen LogP contribution in [0.1, 0.15) is 22.5 Å². The summed E-state index contributed by atoms with van der Waals surface area (Å²) in [5, 5.41) is 10.2. The zero-order valence-electron chi connectivity index (χ0n) is 5.83. The summed E-state index contributed by atoms with van der Waals surface area (Å²) in [5.74, 6) is -1.49. The van der Waals surface area contributed by atoms with E-state index in [0.29, 0.717) is 0 Å². The van der Waals surface area contributed by atoms with Crippen LogP contribution in [-0.2, 0) is 0 Å². The molecule has 1 aromatic heterocycles. The highest BCUT2D eigenvalue weighted by molar-refractivity contribution is 5.85. The van der Waals surface area contributed by atoms with Crippen molar-refractivity contribution < 1.29 is 18.7 Å². The van der Waals surface area contributed by atoms with Crippen LogP contribution in [0.2, 0.25) is 0 Å². The number of pyridine rings is 1. The zero-order chi connectivity index (χ0) is 9.14. The minimum Gasteiger partial charge on any atom is -0.545 e. The second kappa shape index (κ2) is 3.25. The number of aromatic carboxylic acids is 1. The first kappa shape index (κ1) is 8.58. The predicted octanol–water partition coefficient (Wildman–Crippen LogP) is 0.383. The molecule has 1 aromatic rings. The third-order valence-electron chi connectivity index (χ3n) is 1.24. The number of nitrogens with zero attached hydrogens (tertiary/aromatic N) is 1. The minimum absolute atomic E-state index is 0.291. The summed E-state index contributed by atoms with van der Waals surface area (Å²) in [6.07, 6.45) is -1.75. The van der Waals surface area contributed by atoms with Crippen LogP contribution in [0, 0.1) is 0 Å². The highest BCUT2D eigenvalue weighted by Gasteiger charge is 2.08. The molecule has 3 nitrogen and oxygen atoms in total. The number of hydrogen-bond acceptors (Lipinski definition) is 3. The lowest BCUT2D eigenvalue weighted by Gasteiger charge is -2.03. The van der Waals surface area contributed by atoms with Gasteiger partial charge in [-0.1, -0.05) is 0 Å². The summed E-state index contributed by atoms with van der Waals surface area (Å²) in [4.78, 5) is 13.5. The van der Waals surface area contributed by atoms with Gasteiger partial charge in [0.05, 0.1) is 5.97 Å². The molecule has 1 heterocycles. The molecule has 0 aliphatic rings. The van der Waals surface area contributed by atoms with Gasteiger partial charge < -0.3 is 9.90 Å². The average Bonchev–Trinajstić information content (AvgIpc) is 2.04. The van der Waals surface area contributed by atoms with E-state index in [1.807, 2.05) is 0 Å². The fraction of sp³-hybridized carbons (Fsp3) is 0.143. The molecular weight excluding hydrogens is 168 g/mol. The Morgan fingerprint density at radius 1 is 1.58 bits per heavy atom. The number of aromatic nitrogens is 1. The maximum absolute atomic E-state index is 11.9. The lowest BCUT2D eigenvalue weighted by atomic mass is 10.2. The number of rotatable bonds is 2. The fourth-order valence-electron chi connectivity index (χ4n) is 0.695. The molecule has 0 aliphatic carbocycles. The SMILES string of the molecule is O=C([O-])c1ccnc(C(F)F)c1. The van der Waals surface area contributed by atoms with Gasteiger partial charge in [0.25, 0.3) is 6.43 Å². The number of carbonyl (C=O) groups is 1. The number of carbonyl (C=O) groups excluding carboxylic acids is 1. The maximum atomic E-state index is 11.9. The summed E-state index contributed by atoms with van der Waals surface area (Å²) in [7, 11) is 0. The van der Waals surface area contributed by atoms with E-state index in [-0.39, 0.29) is 5.56 Å². The number of halogens is 2. The van der Waals surface area contributed by atoms with Crippen LogP contribution in [0.15, 0.2) is 18.3 Å². The average molecular weight is 172 g/mol. The Bertz CT molecular complexity index is 301. The van der Waals surface area contributed by atoms with Crippen LogP contribution in [0.3, 0.4) is 0 Å². The molecule has 0 atom stereocenters. The van der Waals surface area contributed by atoms with Crippen molar-refractivity contribution in [2.45, 2.75) is 6.43 Å². The van der Waals surface area contributed by atoms with E-state index in [2.05, 4.69) is 4.98 Å². The highest BCUT2D eigenvalue weighted by Crippen LogP contribution is 2.16. The quantitative estimate of drug-likeness (QED) is 0.648. The maximum Gasteiger partial charge on any atom is 0.280 e. The third-order valence-corrected chi connectivity index (χ3v) is 1.24. The molecule has 0 aromatic carbocycles. The molecular formula is C7H4F2NO2-. The molecule has 0 spiro atoms. The molecule has 0 amide bonds. The second-order valence-electron chi connectivity index (χ2n) is 2.06. The number of carboxylic acid groups (broad SMARTS) is 1. The van der Waals surface area contributed by atoms with E-state index in [4.69, 9.17) is 0 Å². The van der Waals surface area contributed by atoms with Crippen molar-refractivity contribution in [3.63, 3.8) is 0 Å². The van der Waals surface area contributed by atoms with E-state index in [0.717, 1.165) is 18.3 Å². The minimum atomic E-state index is -2.76. The third kappa shape index (κ3) is 1.75. The van der Waals surface area contributed by atoms with Crippen LogP contribution in [-0.4, -0.2) is 11.0 Å². The van der Waals surface area contributed by atoms with Crippen LogP contribution in [0.4, 0.5) is 8.78 Å². The van der Waals surface area contributed by atoms with Crippen molar-refractivity contribution in [2.24, 2.45) is 0 Å². The Morgan fingerprint density at radius 2 is 2.25 bits per heavy atom. The molecule has 0 saturated carbocycles. The number of alkyl halides is 2. The first-order valence-corrected chi connectivity index (χ1v) is 3.06. The van der Waals surface area contributed by atoms with Crippen LogP contribution in [0.5, 0.6) is 0 Å². The van der Waals surface area contributed by atoms with Gasteiger partial charge in [0, 0.05) is 11.8 Å². The fourth-order valence-corrected chi connectivity index (χ4v) is 0.695. The molecule has 0 saturated heterocycles. The largest absolute Gasteiger partial charge is 0.545 e. The number of carboxylic acids is 1. The van der Waals surface area contributed by atoms with Gasteiger partial charge in [-0.05, 0) is 12.1 Å². The predicted molar refractivity (Wildman–Crippen MR) is 33.5 cm³/mol. The Labute approximate surface area is 66.7 Å².